The summed E-state index contributed by atoms with van der Waals surface area (Å²) in [5.41, 5.74) is 7.33. The summed E-state index contributed by atoms with van der Waals surface area (Å²) in [5.74, 6) is 1.55. The van der Waals surface area contributed by atoms with Gasteiger partial charge in [-0.3, -0.25) is 4.79 Å². The number of fused-ring (bicyclic) bond motifs is 1. The summed E-state index contributed by atoms with van der Waals surface area (Å²) in [6, 6.07) is 25.4. The number of nitrogens with one attached hydrogen (secondary N) is 1. The Morgan fingerprint density at radius 3 is 2.50 bits per heavy atom. The van der Waals surface area contributed by atoms with E-state index in [1.165, 1.54) is 22.3 Å². The summed E-state index contributed by atoms with van der Waals surface area (Å²) in [7, 11) is 0. The Kier molecular flexibility index (Phi) is 7.08. The van der Waals surface area contributed by atoms with Gasteiger partial charge in [-0.25, -0.2) is 4.98 Å². The molecule has 3 aromatic carbocycles. The van der Waals surface area contributed by atoms with Crippen LogP contribution in [0.25, 0.3) is 11.0 Å². The van der Waals surface area contributed by atoms with Crippen LogP contribution in [-0.4, -0.2) is 35.1 Å². The molecule has 0 radical (unpaired) electrons. The predicted molar refractivity (Wildman–Crippen MR) is 148 cm³/mol. The van der Waals surface area contributed by atoms with Crippen LogP contribution in [0.1, 0.15) is 47.9 Å². The number of anilines is 1. The summed E-state index contributed by atoms with van der Waals surface area (Å²) >= 11 is 0. The minimum Gasteiger partial charge on any atom is -0.355 e. The Balaban J connectivity index is 1.27. The fraction of sp³-hybridized carbons (Fsp3) is 0.355. The van der Waals surface area contributed by atoms with Gasteiger partial charge in [0.15, 0.2) is 0 Å². The second-order valence-corrected chi connectivity index (χ2v) is 10.2. The molecule has 36 heavy (non-hydrogen) atoms. The van der Waals surface area contributed by atoms with Gasteiger partial charge in [0.05, 0.1) is 17.6 Å². The van der Waals surface area contributed by atoms with Crippen molar-refractivity contribution in [2.45, 2.75) is 46.1 Å². The maximum Gasteiger partial charge on any atom is 0.223 e. The number of piperidine rings is 1. The summed E-state index contributed by atoms with van der Waals surface area (Å²) in [6.07, 6.45) is 1.69. The van der Waals surface area contributed by atoms with Crippen molar-refractivity contribution in [3.05, 3.63) is 95.1 Å². The van der Waals surface area contributed by atoms with Crippen LogP contribution in [0.5, 0.6) is 0 Å². The van der Waals surface area contributed by atoms with Gasteiger partial charge in [-0.05, 0) is 61.4 Å². The molecule has 1 aromatic heterocycles. The number of imidazole rings is 1. The van der Waals surface area contributed by atoms with Gasteiger partial charge in [0.2, 0.25) is 11.9 Å². The number of rotatable bonds is 7. The molecule has 0 saturated carbocycles. The first-order valence-corrected chi connectivity index (χ1v) is 13.1. The van der Waals surface area contributed by atoms with Crippen LogP contribution in [0.15, 0.2) is 72.8 Å². The van der Waals surface area contributed by atoms with E-state index in [2.05, 4.69) is 96.2 Å². The van der Waals surface area contributed by atoms with Gasteiger partial charge < -0.3 is 14.8 Å². The zero-order chi connectivity index (χ0) is 25.1. The minimum atomic E-state index is 0.0565. The molecule has 1 N–H and O–H groups in total. The summed E-state index contributed by atoms with van der Waals surface area (Å²) < 4.78 is 2.35. The third-order valence-electron chi connectivity index (χ3n) is 7.57. The first kappa shape index (κ1) is 24.1. The van der Waals surface area contributed by atoms with Crippen LogP contribution in [0.2, 0.25) is 0 Å². The first-order chi connectivity index (χ1) is 17.5. The number of amides is 1. The minimum absolute atomic E-state index is 0.0565. The van der Waals surface area contributed by atoms with Crippen molar-refractivity contribution in [2.24, 2.45) is 5.92 Å². The lowest BCUT2D eigenvalue weighted by Crippen LogP contribution is -2.42. The van der Waals surface area contributed by atoms with E-state index in [-0.39, 0.29) is 11.8 Å². The number of hydrogen-bond acceptors (Lipinski definition) is 3. The molecule has 5 nitrogen and oxygen atoms in total. The van der Waals surface area contributed by atoms with E-state index in [0.717, 1.165) is 49.5 Å². The number of para-hydroxylation sites is 2. The standard InChI is InChI=1S/C31H36N4O/c1-22-13-14-23(2)27(19-22)21-35-29-12-8-7-11-28(29)33-31(35)34-17-15-26(16-18-34)30(36)32-20-24(3)25-9-5-4-6-10-25/h4-14,19,24,26H,15-18,20-21H2,1-3H3,(H,32,36)/t24-/m0/s1. The van der Waals surface area contributed by atoms with E-state index in [0.29, 0.717) is 12.5 Å². The Bertz CT molecular complexity index is 1340. The van der Waals surface area contributed by atoms with Crippen molar-refractivity contribution < 1.29 is 4.79 Å². The normalized spacial score (nSPS) is 15.2. The molecule has 5 rings (SSSR count). The van der Waals surface area contributed by atoms with Crippen molar-refractivity contribution in [3.63, 3.8) is 0 Å². The topological polar surface area (TPSA) is 50.2 Å². The highest BCUT2D eigenvalue weighted by atomic mass is 16.1. The maximum atomic E-state index is 12.9. The number of aryl methyl sites for hydroxylation is 2. The molecular formula is C31H36N4O. The molecule has 0 unspecified atom stereocenters. The van der Waals surface area contributed by atoms with E-state index in [1.807, 2.05) is 12.1 Å². The number of carbonyl (C=O) groups is 1. The quantitative estimate of drug-likeness (QED) is 0.362. The third-order valence-corrected chi connectivity index (χ3v) is 7.57. The summed E-state index contributed by atoms with van der Waals surface area (Å²) in [5, 5.41) is 3.20. The fourth-order valence-electron chi connectivity index (χ4n) is 5.24. The molecule has 1 fully saturated rings. The van der Waals surface area contributed by atoms with Crippen molar-refractivity contribution in [3.8, 4) is 0 Å². The van der Waals surface area contributed by atoms with E-state index in [4.69, 9.17) is 4.98 Å². The molecule has 2 heterocycles. The van der Waals surface area contributed by atoms with Gasteiger partial charge in [0.25, 0.3) is 0 Å². The summed E-state index contributed by atoms with van der Waals surface area (Å²) in [6.45, 7) is 9.63. The lowest BCUT2D eigenvalue weighted by Gasteiger charge is -2.32. The zero-order valence-electron chi connectivity index (χ0n) is 21.6. The second-order valence-electron chi connectivity index (χ2n) is 10.2. The van der Waals surface area contributed by atoms with Crippen molar-refractivity contribution in [1.82, 2.24) is 14.9 Å². The van der Waals surface area contributed by atoms with Crippen molar-refractivity contribution in [1.29, 1.82) is 0 Å². The monoisotopic (exact) mass is 480 g/mol. The highest BCUT2D eigenvalue weighted by Gasteiger charge is 2.28. The Hall–Kier alpha value is -3.60. The Morgan fingerprint density at radius 2 is 1.72 bits per heavy atom. The van der Waals surface area contributed by atoms with Gasteiger partial charge >= 0.3 is 0 Å². The molecule has 0 spiro atoms. The Labute approximate surface area is 214 Å². The van der Waals surface area contributed by atoms with E-state index in [9.17, 15) is 4.79 Å². The number of carbonyl (C=O) groups excluding carboxylic acids is 1. The number of nitrogens with zero attached hydrogens (tertiary/aromatic N) is 3. The smallest absolute Gasteiger partial charge is 0.223 e. The van der Waals surface area contributed by atoms with Gasteiger partial charge in [-0.2, -0.15) is 0 Å². The van der Waals surface area contributed by atoms with Crippen molar-refractivity contribution >= 4 is 22.9 Å². The first-order valence-electron chi connectivity index (χ1n) is 13.1. The van der Waals surface area contributed by atoms with Crippen LogP contribution < -0.4 is 10.2 Å². The van der Waals surface area contributed by atoms with Gasteiger partial charge in [0, 0.05) is 25.6 Å². The molecule has 1 aliphatic heterocycles. The molecular weight excluding hydrogens is 444 g/mol. The van der Waals surface area contributed by atoms with Crippen LogP contribution in [0, 0.1) is 19.8 Å². The molecule has 1 atom stereocenters. The van der Waals surface area contributed by atoms with Crippen LogP contribution in [0.3, 0.4) is 0 Å². The van der Waals surface area contributed by atoms with Gasteiger partial charge in [-0.1, -0.05) is 73.2 Å². The largest absolute Gasteiger partial charge is 0.355 e. The number of hydrogen-bond donors (Lipinski definition) is 1. The molecule has 4 aromatic rings. The highest BCUT2D eigenvalue weighted by molar-refractivity contribution is 5.80. The molecule has 1 aliphatic rings. The second kappa shape index (κ2) is 10.6. The van der Waals surface area contributed by atoms with Gasteiger partial charge in [-0.15, -0.1) is 0 Å². The fourth-order valence-corrected chi connectivity index (χ4v) is 5.24. The number of aromatic nitrogens is 2. The lowest BCUT2D eigenvalue weighted by molar-refractivity contribution is -0.125. The molecule has 1 saturated heterocycles. The molecule has 0 bridgehead atoms. The maximum absolute atomic E-state index is 12.9. The number of benzene rings is 3. The molecule has 186 valence electrons. The lowest BCUT2D eigenvalue weighted by atomic mass is 9.95. The summed E-state index contributed by atoms with van der Waals surface area (Å²) in [4.78, 5) is 20.3. The van der Waals surface area contributed by atoms with E-state index >= 15 is 0 Å². The van der Waals surface area contributed by atoms with Crippen molar-refractivity contribution in [2.75, 3.05) is 24.5 Å². The highest BCUT2D eigenvalue weighted by Crippen LogP contribution is 2.29. The van der Waals surface area contributed by atoms with Crippen LogP contribution >= 0.6 is 0 Å². The van der Waals surface area contributed by atoms with E-state index in [1.54, 1.807) is 0 Å². The van der Waals surface area contributed by atoms with Crippen LogP contribution in [-0.2, 0) is 11.3 Å². The average molecular weight is 481 g/mol. The third kappa shape index (κ3) is 5.15. The molecule has 5 heteroatoms. The average Bonchev–Trinajstić information content (AvgIpc) is 3.28. The Morgan fingerprint density at radius 1 is 1.00 bits per heavy atom. The SMILES string of the molecule is Cc1ccc(C)c(Cn2c(N3CCC(C(=O)NC[C@H](C)c4ccccc4)CC3)nc3ccccc32)c1. The van der Waals surface area contributed by atoms with Gasteiger partial charge in [0.1, 0.15) is 0 Å². The molecule has 0 aliphatic carbocycles. The predicted octanol–water partition coefficient (Wildman–Crippen LogP) is 5.84. The zero-order valence-corrected chi connectivity index (χ0v) is 21.6. The molecule has 1 amide bonds. The van der Waals surface area contributed by atoms with Crippen LogP contribution in [0.4, 0.5) is 5.95 Å². The van der Waals surface area contributed by atoms with E-state index < -0.39 is 0 Å².